The summed E-state index contributed by atoms with van der Waals surface area (Å²) in [5.41, 5.74) is 0.591. The van der Waals surface area contributed by atoms with Gasteiger partial charge in [0, 0.05) is 5.39 Å². The third kappa shape index (κ3) is 4.23. The molecular weight excluding hydrogens is 400 g/mol. The fourth-order valence-corrected chi connectivity index (χ4v) is 3.12. The largest absolute Gasteiger partial charge is 0.463 e. The van der Waals surface area contributed by atoms with Crippen molar-refractivity contribution in [1.29, 1.82) is 0 Å². The molecule has 2 aromatic carbocycles. The van der Waals surface area contributed by atoms with Crippen molar-refractivity contribution in [3.63, 3.8) is 0 Å². The predicted octanol–water partition coefficient (Wildman–Crippen LogP) is 3.18. The molecular formula is C23H18N2O6. The predicted molar refractivity (Wildman–Crippen MR) is 111 cm³/mol. The van der Waals surface area contributed by atoms with Gasteiger partial charge in [0.05, 0.1) is 19.0 Å². The van der Waals surface area contributed by atoms with Crippen LogP contribution in [0.25, 0.3) is 10.8 Å². The number of hydrogen-bond donors (Lipinski definition) is 0. The van der Waals surface area contributed by atoms with Crippen LogP contribution in [-0.2, 0) is 22.6 Å². The number of methoxy groups -OCH3 is 1. The van der Waals surface area contributed by atoms with Crippen molar-refractivity contribution in [3.8, 4) is 0 Å². The van der Waals surface area contributed by atoms with Gasteiger partial charge in [0.25, 0.3) is 5.56 Å². The Bertz CT molecular complexity index is 1310. The maximum Gasteiger partial charge on any atom is 0.373 e. The lowest BCUT2D eigenvalue weighted by Crippen LogP contribution is -2.27. The molecule has 2 aromatic heterocycles. The minimum atomic E-state index is -0.714. The smallest absolute Gasteiger partial charge is 0.373 e. The monoisotopic (exact) mass is 418 g/mol. The van der Waals surface area contributed by atoms with Crippen LogP contribution in [0.5, 0.6) is 0 Å². The molecule has 0 saturated heterocycles. The molecule has 8 heteroatoms. The molecule has 0 aliphatic carbocycles. The van der Waals surface area contributed by atoms with Gasteiger partial charge >= 0.3 is 11.9 Å². The van der Waals surface area contributed by atoms with Crippen LogP contribution in [0.15, 0.2) is 75.9 Å². The Labute approximate surface area is 176 Å². The van der Waals surface area contributed by atoms with Crippen molar-refractivity contribution in [2.24, 2.45) is 0 Å². The maximum atomic E-state index is 12.9. The van der Waals surface area contributed by atoms with Crippen LogP contribution >= 0.6 is 0 Å². The van der Waals surface area contributed by atoms with Crippen molar-refractivity contribution < 1.29 is 23.5 Å². The summed E-state index contributed by atoms with van der Waals surface area (Å²) < 4.78 is 16.5. The lowest BCUT2D eigenvalue weighted by Gasteiger charge is -2.11. The van der Waals surface area contributed by atoms with Gasteiger partial charge in [-0.15, -0.1) is 0 Å². The molecule has 0 spiro atoms. The highest BCUT2D eigenvalue weighted by atomic mass is 16.6. The van der Waals surface area contributed by atoms with Crippen molar-refractivity contribution >= 4 is 22.7 Å². The lowest BCUT2D eigenvalue weighted by atomic mass is 10.1. The highest BCUT2D eigenvalue weighted by Gasteiger charge is 2.19. The number of carbonyl (C=O) groups is 2. The highest BCUT2D eigenvalue weighted by molar-refractivity contribution is 6.02. The molecule has 8 nitrogen and oxygen atoms in total. The molecule has 0 bridgehead atoms. The van der Waals surface area contributed by atoms with Crippen molar-refractivity contribution in [2.45, 2.75) is 13.2 Å². The second kappa shape index (κ2) is 8.66. The molecule has 0 unspecified atom stereocenters. The molecule has 0 fully saturated rings. The Morgan fingerprint density at radius 3 is 2.39 bits per heavy atom. The first kappa shape index (κ1) is 20.1. The van der Waals surface area contributed by atoms with Crippen LogP contribution in [0.4, 0.5) is 0 Å². The highest BCUT2D eigenvalue weighted by Crippen LogP contribution is 2.17. The molecule has 0 atom stereocenters. The van der Waals surface area contributed by atoms with E-state index in [2.05, 4.69) is 9.84 Å². The van der Waals surface area contributed by atoms with E-state index in [1.165, 1.54) is 23.9 Å². The summed E-state index contributed by atoms with van der Waals surface area (Å²) in [6.45, 7) is 0.00903. The Hall–Kier alpha value is -4.20. The number of carbonyl (C=O) groups excluding carboxylic acids is 2. The molecule has 2 heterocycles. The molecule has 0 amide bonds. The summed E-state index contributed by atoms with van der Waals surface area (Å²) in [5, 5.41) is 5.05. The van der Waals surface area contributed by atoms with E-state index in [0.29, 0.717) is 10.8 Å². The van der Waals surface area contributed by atoms with Gasteiger partial charge in [0.2, 0.25) is 5.76 Å². The second-order valence-corrected chi connectivity index (χ2v) is 6.68. The van der Waals surface area contributed by atoms with Gasteiger partial charge in [-0.05, 0) is 23.8 Å². The van der Waals surface area contributed by atoms with Gasteiger partial charge < -0.3 is 13.9 Å². The zero-order valence-corrected chi connectivity index (χ0v) is 16.6. The molecule has 0 N–H and O–H groups in total. The fraction of sp³-hybridized carbons (Fsp3) is 0.130. The molecule has 4 aromatic rings. The van der Waals surface area contributed by atoms with Crippen molar-refractivity contribution in [1.82, 2.24) is 9.78 Å². The summed E-state index contributed by atoms with van der Waals surface area (Å²) >= 11 is 0. The van der Waals surface area contributed by atoms with Crippen molar-refractivity contribution in [3.05, 3.63) is 99.9 Å². The SMILES string of the molecule is COC(=O)c1ccc(COC(=O)c2nn(Cc3ccccc3)c(=O)c3ccccc23)o1. The van der Waals surface area contributed by atoms with Crippen LogP contribution in [-0.4, -0.2) is 28.8 Å². The summed E-state index contributed by atoms with van der Waals surface area (Å²) in [6, 6.07) is 19.0. The molecule has 31 heavy (non-hydrogen) atoms. The number of aromatic nitrogens is 2. The molecule has 0 saturated carbocycles. The average molecular weight is 418 g/mol. The summed E-state index contributed by atoms with van der Waals surface area (Å²) in [5.74, 6) is -1.06. The molecule has 4 rings (SSSR count). The number of benzene rings is 2. The number of fused-ring (bicyclic) bond motifs is 1. The normalized spacial score (nSPS) is 10.7. The zero-order chi connectivity index (χ0) is 21.8. The Morgan fingerprint density at radius 2 is 1.65 bits per heavy atom. The standard InChI is InChI=1S/C23H18N2O6/c1-29-22(27)19-12-11-16(31-19)14-30-23(28)20-17-9-5-6-10-18(17)21(26)25(24-20)13-15-7-3-2-4-8-15/h2-12H,13-14H2,1H3. The molecule has 0 aliphatic heterocycles. The van der Waals surface area contributed by atoms with Gasteiger partial charge in [0.15, 0.2) is 5.69 Å². The lowest BCUT2D eigenvalue weighted by molar-refractivity contribution is 0.0431. The number of furan rings is 1. The van der Waals surface area contributed by atoms with E-state index >= 15 is 0 Å². The van der Waals surface area contributed by atoms with E-state index < -0.39 is 11.9 Å². The van der Waals surface area contributed by atoms with E-state index in [9.17, 15) is 14.4 Å². The number of hydrogen-bond acceptors (Lipinski definition) is 7. The zero-order valence-electron chi connectivity index (χ0n) is 16.6. The van der Waals surface area contributed by atoms with Crippen LogP contribution in [0.3, 0.4) is 0 Å². The molecule has 0 radical (unpaired) electrons. The fourth-order valence-electron chi connectivity index (χ4n) is 3.12. The van der Waals surface area contributed by atoms with Crippen LogP contribution in [0.2, 0.25) is 0 Å². The first-order valence-electron chi connectivity index (χ1n) is 9.45. The van der Waals surface area contributed by atoms with E-state index in [4.69, 9.17) is 9.15 Å². The number of esters is 2. The van der Waals surface area contributed by atoms with Gasteiger partial charge in [-0.2, -0.15) is 5.10 Å². The van der Waals surface area contributed by atoms with Crippen LogP contribution in [0, 0.1) is 0 Å². The number of rotatable bonds is 6. The van der Waals surface area contributed by atoms with Crippen LogP contribution < -0.4 is 5.56 Å². The van der Waals surface area contributed by atoms with Gasteiger partial charge in [-0.1, -0.05) is 48.5 Å². The minimum absolute atomic E-state index is 0.00790. The third-order valence-electron chi connectivity index (χ3n) is 4.63. The summed E-state index contributed by atoms with van der Waals surface area (Å²) in [4.78, 5) is 37.2. The Balaban J connectivity index is 1.63. The Kier molecular flexibility index (Phi) is 5.61. The summed E-state index contributed by atoms with van der Waals surface area (Å²) in [6.07, 6.45) is 0. The number of ether oxygens (including phenoxy) is 2. The molecule has 156 valence electrons. The van der Waals surface area contributed by atoms with Crippen molar-refractivity contribution in [2.75, 3.05) is 7.11 Å². The van der Waals surface area contributed by atoms with E-state index in [-0.39, 0.29) is 35.9 Å². The van der Waals surface area contributed by atoms with E-state index in [1.54, 1.807) is 24.3 Å². The number of nitrogens with zero attached hydrogens (tertiary/aromatic N) is 2. The topological polar surface area (TPSA) is 101 Å². The molecule has 0 aliphatic rings. The minimum Gasteiger partial charge on any atom is -0.463 e. The van der Waals surface area contributed by atoms with E-state index in [1.807, 2.05) is 30.3 Å². The average Bonchev–Trinajstić information content (AvgIpc) is 3.28. The van der Waals surface area contributed by atoms with Crippen LogP contribution in [0.1, 0.15) is 32.4 Å². The quantitative estimate of drug-likeness (QED) is 0.443. The summed E-state index contributed by atoms with van der Waals surface area (Å²) in [7, 11) is 1.24. The van der Waals surface area contributed by atoms with Gasteiger partial charge in [0.1, 0.15) is 12.4 Å². The van der Waals surface area contributed by atoms with Gasteiger partial charge in [-0.3, -0.25) is 4.79 Å². The first-order valence-corrected chi connectivity index (χ1v) is 9.45. The van der Waals surface area contributed by atoms with Gasteiger partial charge in [-0.25, -0.2) is 14.3 Å². The second-order valence-electron chi connectivity index (χ2n) is 6.68. The van der Waals surface area contributed by atoms with E-state index in [0.717, 1.165) is 5.56 Å². The third-order valence-corrected chi connectivity index (χ3v) is 4.63. The maximum absolute atomic E-state index is 12.9. The Morgan fingerprint density at radius 1 is 0.935 bits per heavy atom. The first-order chi connectivity index (χ1) is 15.1.